The lowest BCUT2D eigenvalue weighted by Gasteiger charge is -2.41. The summed E-state index contributed by atoms with van der Waals surface area (Å²) in [5, 5.41) is 0.684. The van der Waals surface area contributed by atoms with Gasteiger partial charge >= 0.3 is 0 Å². The van der Waals surface area contributed by atoms with Gasteiger partial charge in [-0.15, -0.1) is 0 Å². The van der Waals surface area contributed by atoms with E-state index in [9.17, 15) is 4.79 Å². The highest BCUT2D eigenvalue weighted by Crippen LogP contribution is 2.40. The van der Waals surface area contributed by atoms with Gasteiger partial charge in [-0.2, -0.15) is 0 Å². The summed E-state index contributed by atoms with van der Waals surface area (Å²) in [6.45, 7) is 5.32. The van der Waals surface area contributed by atoms with Gasteiger partial charge in [0.05, 0.1) is 5.02 Å². The first kappa shape index (κ1) is 15.2. The van der Waals surface area contributed by atoms with E-state index in [0.717, 1.165) is 70.8 Å². The zero-order valence-electron chi connectivity index (χ0n) is 13.4. The number of carbonyl (C=O) groups is 1. The molecule has 23 heavy (non-hydrogen) atoms. The van der Waals surface area contributed by atoms with E-state index in [4.69, 9.17) is 11.6 Å². The molecular weight excluding hydrogens is 312 g/mol. The van der Waals surface area contributed by atoms with Gasteiger partial charge in [0.15, 0.2) is 0 Å². The second-order valence-electron chi connectivity index (χ2n) is 6.81. The van der Waals surface area contributed by atoms with E-state index in [0.29, 0.717) is 10.9 Å². The van der Waals surface area contributed by atoms with E-state index in [1.54, 1.807) is 6.20 Å². The molecule has 124 valence electrons. The summed E-state index contributed by atoms with van der Waals surface area (Å²) >= 11 is 6.24. The predicted octanol–water partition coefficient (Wildman–Crippen LogP) is 2.01. The number of hydrogen-bond donors (Lipinski definition) is 0. The van der Waals surface area contributed by atoms with Crippen molar-refractivity contribution in [2.24, 2.45) is 0 Å². The summed E-state index contributed by atoms with van der Waals surface area (Å²) in [5.41, 5.74) is -0.176. The van der Waals surface area contributed by atoms with Gasteiger partial charge in [-0.25, -0.2) is 4.98 Å². The van der Waals surface area contributed by atoms with Crippen molar-refractivity contribution >= 4 is 23.3 Å². The molecule has 0 bridgehead atoms. The Labute approximate surface area is 142 Å². The Bertz CT molecular complexity index is 590. The molecule has 1 aromatic rings. The second-order valence-corrected chi connectivity index (χ2v) is 7.22. The molecule has 3 aliphatic rings. The Morgan fingerprint density at radius 2 is 1.78 bits per heavy atom. The zero-order chi connectivity index (χ0) is 15.9. The Kier molecular flexibility index (Phi) is 3.93. The van der Waals surface area contributed by atoms with Crippen molar-refractivity contribution in [1.82, 2.24) is 14.8 Å². The molecule has 0 atom stereocenters. The summed E-state index contributed by atoms with van der Waals surface area (Å²) in [4.78, 5) is 24.2. The average molecular weight is 335 g/mol. The van der Waals surface area contributed by atoms with Crippen LogP contribution < -0.4 is 4.90 Å². The minimum absolute atomic E-state index is 0.176. The number of nitrogens with zero attached hydrogens (tertiary/aromatic N) is 4. The lowest BCUT2D eigenvalue weighted by Crippen LogP contribution is -2.58. The van der Waals surface area contributed by atoms with Crippen LogP contribution in [0.1, 0.15) is 25.7 Å². The van der Waals surface area contributed by atoms with Gasteiger partial charge in [0.2, 0.25) is 5.91 Å². The molecule has 4 heterocycles. The van der Waals surface area contributed by atoms with Gasteiger partial charge in [0, 0.05) is 32.4 Å². The maximum atomic E-state index is 13.1. The van der Waals surface area contributed by atoms with Crippen LogP contribution in [0.2, 0.25) is 5.02 Å². The normalized spacial score (nSPS) is 24.0. The van der Waals surface area contributed by atoms with Crippen LogP contribution in [-0.4, -0.2) is 65.5 Å². The highest BCUT2D eigenvalue weighted by Gasteiger charge is 2.51. The van der Waals surface area contributed by atoms with Gasteiger partial charge in [0.25, 0.3) is 0 Å². The number of pyridine rings is 1. The van der Waals surface area contributed by atoms with Crippen molar-refractivity contribution in [2.45, 2.75) is 31.2 Å². The van der Waals surface area contributed by atoms with E-state index in [2.05, 4.69) is 19.7 Å². The van der Waals surface area contributed by atoms with Crippen LogP contribution in [0.25, 0.3) is 0 Å². The standard InChI is InChI=1S/C17H23ClN4O/c18-14-4-1-7-19-15(14)20-10-12-21(13-11-20)16(23)17-5-2-8-22(17)9-3-6-17/h1,4,7H,2-3,5-6,8-13H2. The lowest BCUT2D eigenvalue weighted by atomic mass is 9.92. The molecule has 0 spiro atoms. The quantitative estimate of drug-likeness (QED) is 0.829. The molecule has 0 saturated carbocycles. The summed E-state index contributed by atoms with van der Waals surface area (Å²) in [5.74, 6) is 1.20. The Hall–Kier alpha value is -1.33. The third-order valence-electron chi connectivity index (χ3n) is 5.65. The smallest absolute Gasteiger partial charge is 0.243 e. The molecule has 0 radical (unpaired) electrons. The molecule has 3 fully saturated rings. The van der Waals surface area contributed by atoms with E-state index in [1.165, 1.54) is 0 Å². The minimum Gasteiger partial charge on any atom is -0.352 e. The molecule has 1 amide bonds. The topological polar surface area (TPSA) is 39.7 Å². The van der Waals surface area contributed by atoms with Gasteiger partial charge < -0.3 is 9.80 Å². The number of amides is 1. The number of aromatic nitrogens is 1. The van der Waals surface area contributed by atoms with Gasteiger partial charge in [0.1, 0.15) is 11.4 Å². The molecule has 0 aromatic carbocycles. The van der Waals surface area contributed by atoms with Gasteiger partial charge in [-0.3, -0.25) is 9.69 Å². The van der Waals surface area contributed by atoms with Crippen LogP contribution in [0.15, 0.2) is 18.3 Å². The maximum Gasteiger partial charge on any atom is 0.243 e. The second kappa shape index (κ2) is 5.95. The predicted molar refractivity (Wildman–Crippen MR) is 90.8 cm³/mol. The van der Waals surface area contributed by atoms with E-state index < -0.39 is 0 Å². The minimum atomic E-state index is -0.176. The SMILES string of the molecule is O=C(N1CCN(c2ncccc2Cl)CC1)C12CCCN1CCC2. The third-order valence-corrected chi connectivity index (χ3v) is 5.94. The molecule has 0 unspecified atom stereocenters. The summed E-state index contributed by atoms with van der Waals surface area (Å²) in [6, 6.07) is 3.72. The molecule has 0 aliphatic carbocycles. The van der Waals surface area contributed by atoms with Crippen molar-refractivity contribution in [1.29, 1.82) is 0 Å². The van der Waals surface area contributed by atoms with Crippen LogP contribution in [0.5, 0.6) is 0 Å². The molecular formula is C17H23ClN4O. The first-order valence-corrected chi connectivity index (χ1v) is 8.98. The number of hydrogen-bond acceptors (Lipinski definition) is 4. The Morgan fingerprint density at radius 1 is 1.09 bits per heavy atom. The number of carbonyl (C=O) groups excluding carboxylic acids is 1. The summed E-state index contributed by atoms with van der Waals surface area (Å²) in [6.07, 6.45) is 6.17. The fraction of sp³-hybridized carbons (Fsp3) is 0.647. The number of fused-ring (bicyclic) bond motifs is 1. The van der Waals surface area contributed by atoms with E-state index >= 15 is 0 Å². The first-order chi connectivity index (χ1) is 11.2. The number of piperazine rings is 1. The Morgan fingerprint density at radius 3 is 2.43 bits per heavy atom. The maximum absolute atomic E-state index is 13.1. The fourth-order valence-corrected chi connectivity index (χ4v) is 4.72. The molecule has 3 saturated heterocycles. The largest absolute Gasteiger partial charge is 0.352 e. The highest BCUT2D eigenvalue weighted by atomic mass is 35.5. The van der Waals surface area contributed by atoms with Crippen molar-refractivity contribution in [2.75, 3.05) is 44.2 Å². The summed E-state index contributed by atoms with van der Waals surface area (Å²) in [7, 11) is 0. The van der Waals surface area contributed by atoms with Crippen molar-refractivity contribution < 1.29 is 4.79 Å². The fourth-order valence-electron chi connectivity index (χ4n) is 4.48. The van der Waals surface area contributed by atoms with Crippen molar-refractivity contribution in [3.63, 3.8) is 0 Å². The third kappa shape index (κ3) is 2.50. The molecule has 6 heteroatoms. The average Bonchev–Trinajstić information content (AvgIpc) is 3.15. The van der Waals surface area contributed by atoms with Gasteiger partial charge in [-0.1, -0.05) is 11.6 Å². The highest BCUT2D eigenvalue weighted by molar-refractivity contribution is 6.32. The number of halogens is 1. The molecule has 3 aliphatic heterocycles. The van der Waals surface area contributed by atoms with Crippen LogP contribution in [0, 0.1) is 0 Å². The lowest BCUT2D eigenvalue weighted by molar-refractivity contribution is -0.141. The number of anilines is 1. The number of rotatable bonds is 2. The van der Waals surface area contributed by atoms with Crippen LogP contribution in [0.4, 0.5) is 5.82 Å². The molecule has 5 nitrogen and oxygen atoms in total. The van der Waals surface area contributed by atoms with Crippen molar-refractivity contribution in [3.8, 4) is 0 Å². The van der Waals surface area contributed by atoms with Crippen molar-refractivity contribution in [3.05, 3.63) is 23.4 Å². The molecule has 1 aromatic heterocycles. The summed E-state index contributed by atoms with van der Waals surface area (Å²) < 4.78 is 0. The molecule has 4 rings (SSSR count). The first-order valence-electron chi connectivity index (χ1n) is 8.61. The van der Waals surface area contributed by atoms with Crippen LogP contribution in [0.3, 0.4) is 0 Å². The monoisotopic (exact) mass is 334 g/mol. The Balaban J connectivity index is 1.44. The van der Waals surface area contributed by atoms with E-state index in [-0.39, 0.29) is 5.54 Å². The zero-order valence-corrected chi connectivity index (χ0v) is 14.1. The molecule has 0 N–H and O–H groups in total. The van der Waals surface area contributed by atoms with Crippen LogP contribution >= 0.6 is 11.6 Å². The van der Waals surface area contributed by atoms with Crippen LogP contribution in [-0.2, 0) is 4.79 Å². The van der Waals surface area contributed by atoms with Gasteiger partial charge in [-0.05, 0) is 50.9 Å². The van der Waals surface area contributed by atoms with E-state index in [1.807, 2.05) is 12.1 Å².